The zero-order valence-electron chi connectivity index (χ0n) is 12.2. The fraction of sp³-hybridized carbons (Fsp3) is 0.562. The Morgan fingerprint density at radius 3 is 2.82 bits per heavy atom. The number of carbonyl (C=O) groups is 1. The Kier molecular flexibility index (Phi) is 3.58. The van der Waals surface area contributed by atoms with Crippen molar-refractivity contribution in [3.8, 4) is 5.88 Å². The predicted molar refractivity (Wildman–Crippen MR) is 83.5 cm³/mol. The van der Waals surface area contributed by atoms with E-state index >= 15 is 0 Å². The predicted octanol–water partition coefficient (Wildman–Crippen LogP) is 2.60. The molecule has 2 aliphatic carbocycles. The van der Waals surface area contributed by atoms with Crippen LogP contribution < -0.4 is 4.74 Å². The minimum absolute atomic E-state index is 0.0559. The number of rotatable bonds is 3. The third-order valence-corrected chi connectivity index (χ3v) is 5.86. The number of aliphatic hydroxyl groups excluding tert-OH is 1. The van der Waals surface area contributed by atoms with E-state index in [-0.39, 0.29) is 18.6 Å². The third-order valence-electron chi connectivity index (χ3n) is 4.68. The largest absolute Gasteiger partial charge is 0.474 e. The summed E-state index contributed by atoms with van der Waals surface area (Å²) in [6, 6.07) is 0. The molecule has 2 aromatic heterocycles. The Balaban J connectivity index is 1.70. The lowest BCUT2D eigenvalue weighted by atomic mass is 9.96. The molecule has 1 atom stereocenters. The number of hydrogen-bond acceptors (Lipinski definition) is 6. The van der Waals surface area contributed by atoms with Gasteiger partial charge in [-0.2, -0.15) is 0 Å². The number of ether oxygens (including phenoxy) is 1. The molecule has 0 aromatic carbocycles. The second-order valence-electron chi connectivity index (χ2n) is 6.07. The fourth-order valence-corrected chi connectivity index (χ4v) is 4.73. The summed E-state index contributed by atoms with van der Waals surface area (Å²) in [5.41, 5.74) is 1.19. The summed E-state index contributed by atoms with van der Waals surface area (Å²) < 4.78 is 6.12. The number of carbonyl (C=O) groups excluding carboxylic acids is 1. The van der Waals surface area contributed by atoms with Crippen molar-refractivity contribution in [2.75, 3.05) is 6.61 Å². The van der Waals surface area contributed by atoms with Crippen molar-refractivity contribution in [2.45, 2.75) is 50.5 Å². The first-order valence-electron chi connectivity index (χ1n) is 7.81. The van der Waals surface area contributed by atoms with Gasteiger partial charge in [-0.3, -0.25) is 4.79 Å². The van der Waals surface area contributed by atoms with E-state index in [0.717, 1.165) is 35.9 Å². The van der Waals surface area contributed by atoms with Crippen LogP contribution in [0.15, 0.2) is 6.33 Å². The SMILES string of the molecule is O=C1CCC(Oc2ncnc3sc4c(c23)[C@@H](CO)CC4)CC1. The Morgan fingerprint density at radius 1 is 1.23 bits per heavy atom. The van der Waals surface area contributed by atoms with Crippen LogP contribution in [0.4, 0.5) is 0 Å². The van der Waals surface area contributed by atoms with Gasteiger partial charge in [0, 0.05) is 23.6 Å². The van der Waals surface area contributed by atoms with Gasteiger partial charge in [-0.25, -0.2) is 9.97 Å². The smallest absolute Gasteiger partial charge is 0.225 e. The van der Waals surface area contributed by atoms with Gasteiger partial charge >= 0.3 is 0 Å². The Bertz CT molecular complexity index is 717. The fourth-order valence-electron chi connectivity index (χ4n) is 3.50. The van der Waals surface area contributed by atoms with E-state index in [1.165, 1.54) is 10.4 Å². The molecule has 0 spiro atoms. The molecule has 0 aliphatic heterocycles. The van der Waals surface area contributed by atoms with Crippen molar-refractivity contribution in [3.63, 3.8) is 0 Å². The molecule has 0 radical (unpaired) electrons. The van der Waals surface area contributed by atoms with E-state index in [2.05, 4.69) is 9.97 Å². The van der Waals surface area contributed by atoms with Gasteiger partial charge in [0.1, 0.15) is 23.0 Å². The maximum Gasteiger partial charge on any atom is 0.225 e. The first-order valence-corrected chi connectivity index (χ1v) is 8.63. The van der Waals surface area contributed by atoms with Gasteiger partial charge in [0.25, 0.3) is 0 Å². The zero-order chi connectivity index (χ0) is 15.1. The summed E-state index contributed by atoms with van der Waals surface area (Å²) in [4.78, 5) is 22.3. The number of hydrogen-bond donors (Lipinski definition) is 1. The number of thiophene rings is 1. The van der Waals surface area contributed by atoms with Crippen LogP contribution in [0.1, 0.15) is 48.5 Å². The van der Waals surface area contributed by atoms with Gasteiger partial charge in [0.2, 0.25) is 5.88 Å². The van der Waals surface area contributed by atoms with Crippen LogP contribution in [0, 0.1) is 0 Å². The van der Waals surface area contributed by atoms with E-state index in [4.69, 9.17) is 4.74 Å². The van der Waals surface area contributed by atoms with Crippen LogP contribution in [0.3, 0.4) is 0 Å². The van der Waals surface area contributed by atoms with Crippen molar-refractivity contribution < 1.29 is 14.6 Å². The van der Waals surface area contributed by atoms with Gasteiger partial charge in [0.05, 0.1) is 12.0 Å². The molecular formula is C16H18N2O3S. The number of aryl methyl sites for hydroxylation is 1. The summed E-state index contributed by atoms with van der Waals surface area (Å²) >= 11 is 1.69. The second kappa shape index (κ2) is 5.59. The lowest BCUT2D eigenvalue weighted by Crippen LogP contribution is -2.24. The average Bonchev–Trinajstić information content (AvgIpc) is 3.08. The van der Waals surface area contributed by atoms with Gasteiger partial charge in [-0.15, -0.1) is 11.3 Å². The highest BCUT2D eigenvalue weighted by Crippen LogP contribution is 2.45. The minimum Gasteiger partial charge on any atom is -0.474 e. The highest BCUT2D eigenvalue weighted by molar-refractivity contribution is 7.19. The average molecular weight is 318 g/mol. The number of Topliss-reactive ketones (excluding diaryl/α,β-unsaturated/α-hetero) is 1. The molecule has 0 bridgehead atoms. The molecule has 1 saturated carbocycles. The van der Waals surface area contributed by atoms with E-state index < -0.39 is 0 Å². The van der Waals surface area contributed by atoms with Crippen LogP contribution in [0.5, 0.6) is 5.88 Å². The maximum atomic E-state index is 11.4. The molecular weight excluding hydrogens is 300 g/mol. The van der Waals surface area contributed by atoms with E-state index in [1.807, 2.05) is 0 Å². The molecule has 2 aliphatic rings. The molecule has 0 unspecified atom stereocenters. The Labute approximate surface area is 132 Å². The van der Waals surface area contributed by atoms with Crippen molar-refractivity contribution in [2.24, 2.45) is 0 Å². The third kappa shape index (κ3) is 2.30. The first kappa shape index (κ1) is 14.1. The first-order chi connectivity index (χ1) is 10.8. The highest BCUT2D eigenvalue weighted by atomic mass is 32.1. The molecule has 5 nitrogen and oxygen atoms in total. The molecule has 2 heterocycles. The molecule has 2 aromatic rings. The van der Waals surface area contributed by atoms with Crippen molar-refractivity contribution in [1.82, 2.24) is 9.97 Å². The number of nitrogens with zero attached hydrogens (tertiary/aromatic N) is 2. The van der Waals surface area contributed by atoms with Gasteiger partial charge in [0.15, 0.2) is 0 Å². The van der Waals surface area contributed by atoms with Crippen LogP contribution in [0.2, 0.25) is 0 Å². The Hall–Kier alpha value is -1.53. The van der Waals surface area contributed by atoms with Crippen LogP contribution in [0.25, 0.3) is 10.2 Å². The van der Waals surface area contributed by atoms with Crippen molar-refractivity contribution >= 4 is 27.3 Å². The Morgan fingerprint density at radius 2 is 2.05 bits per heavy atom. The van der Waals surface area contributed by atoms with E-state index in [9.17, 15) is 9.90 Å². The van der Waals surface area contributed by atoms with Crippen LogP contribution in [-0.4, -0.2) is 33.6 Å². The lowest BCUT2D eigenvalue weighted by Gasteiger charge is -2.22. The molecule has 4 rings (SSSR count). The molecule has 1 fully saturated rings. The quantitative estimate of drug-likeness (QED) is 0.942. The minimum atomic E-state index is 0.0559. The van der Waals surface area contributed by atoms with Crippen molar-refractivity contribution in [1.29, 1.82) is 0 Å². The lowest BCUT2D eigenvalue weighted by molar-refractivity contribution is -0.121. The van der Waals surface area contributed by atoms with Gasteiger partial charge < -0.3 is 9.84 Å². The van der Waals surface area contributed by atoms with E-state index in [1.54, 1.807) is 17.7 Å². The molecule has 0 amide bonds. The zero-order valence-corrected chi connectivity index (χ0v) is 13.1. The second-order valence-corrected chi connectivity index (χ2v) is 7.16. The van der Waals surface area contributed by atoms with Crippen molar-refractivity contribution in [3.05, 3.63) is 16.8 Å². The summed E-state index contributed by atoms with van der Waals surface area (Å²) in [7, 11) is 0. The summed E-state index contributed by atoms with van der Waals surface area (Å²) in [5.74, 6) is 1.12. The molecule has 6 heteroatoms. The molecule has 116 valence electrons. The number of ketones is 1. The highest BCUT2D eigenvalue weighted by Gasteiger charge is 2.30. The summed E-state index contributed by atoms with van der Waals surface area (Å²) in [5, 5.41) is 10.6. The topological polar surface area (TPSA) is 72.3 Å². The normalized spacial score (nSPS) is 22.2. The number of aliphatic hydroxyl groups is 1. The molecule has 0 saturated heterocycles. The van der Waals surface area contributed by atoms with Crippen LogP contribution in [-0.2, 0) is 11.2 Å². The monoisotopic (exact) mass is 318 g/mol. The standard InChI is InChI=1S/C16H18N2O3S/c19-7-9-1-6-12-13(9)14-15(17-8-18-16(14)22-12)21-11-4-2-10(20)3-5-11/h8-9,11,19H,1-7H2/t9-/m1/s1. The van der Waals surface area contributed by atoms with Gasteiger partial charge in [-0.1, -0.05) is 0 Å². The summed E-state index contributed by atoms with van der Waals surface area (Å²) in [6.45, 7) is 0.158. The van der Waals surface area contributed by atoms with Gasteiger partial charge in [-0.05, 0) is 31.2 Å². The molecule has 22 heavy (non-hydrogen) atoms. The number of fused-ring (bicyclic) bond motifs is 3. The van der Waals surface area contributed by atoms with Crippen LogP contribution >= 0.6 is 11.3 Å². The summed E-state index contributed by atoms with van der Waals surface area (Å²) in [6.07, 6.45) is 6.31. The number of aromatic nitrogens is 2. The molecule has 1 N–H and O–H groups in total. The maximum absolute atomic E-state index is 11.4. The van der Waals surface area contributed by atoms with E-state index in [0.29, 0.717) is 24.5 Å².